The van der Waals surface area contributed by atoms with Crippen LogP contribution in [-0.4, -0.2) is 25.0 Å². The Morgan fingerprint density at radius 1 is 1.36 bits per heavy atom. The minimum absolute atomic E-state index is 0.228. The minimum atomic E-state index is -3.11. The molecule has 1 atom stereocenters. The molecule has 0 amide bonds. The van der Waals surface area contributed by atoms with E-state index in [2.05, 4.69) is 20.7 Å². The van der Waals surface area contributed by atoms with Crippen LogP contribution in [-0.2, 0) is 10.0 Å². The fraction of sp³-hybridized carbons (Fsp3) is 1.00. The van der Waals surface area contributed by atoms with Gasteiger partial charge >= 0.3 is 0 Å². The lowest BCUT2D eigenvalue weighted by Crippen LogP contribution is -2.47. The molecule has 0 saturated heterocycles. The predicted octanol–water partition coefficient (Wildman–Crippen LogP) is 2.27. The van der Waals surface area contributed by atoms with E-state index in [4.69, 9.17) is 0 Å². The Morgan fingerprint density at radius 3 is 2.29 bits per heavy atom. The van der Waals surface area contributed by atoms with Gasteiger partial charge in [-0.3, -0.25) is 0 Å². The van der Waals surface area contributed by atoms with Gasteiger partial charge in [0.1, 0.15) is 0 Å². The van der Waals surface area contributed by atoms with Crippen LogP contribution in [0.1, 0.15) is 40.0 Å². The summed E-state index contributed by atoms with van der Waals surface area (Å²) in [5.41, 5.74) is -0.355. The summed E-state index contributed by atoms with van der Waals surface area (Å²) in [5.74, 6) is 0.228. The Hall–Kier alpha value is 0.390. The van der Waals surface area contributed by atoms with Crippen LogP contribution in [0.2, 0.25) is 0 Å². The number of rotatable bonds is 7. The average Bonchev–Trinajstić information content (AvgIpc) is 2.14. The van der Waals surface area contributed by atoms with Crippen LogP contribution < -0.4 is 4.72 Å². The fourth-order valence-corrected chi connectivity index (χ4v) is 3.42. The van der Waals surface area contributed by atoms with Crippen LogP contribution in [0.4, 0.5) is 0 Å². The van der Waals surface area contributed by atoms with Gasteiger partial charge in [-0.2, -0.15) is 0 Å². The molecule has 0 radical (unpaired) electrons. The van der Waals surface area contributed by atoms with Gasteiger partial charge < -0.3 is 0 Å². The number of nitrogens with one attached hydrogen (secondary N) is 1. The molecule has 0 aromatic heterocycles. The Balaban J connectivity index is 4.33. The highest BCUT2D eigenvalue weighted by Gasteiger charge is 2.26. The lowest BCUT2D eigenvalue weighted by molar-refractivity contribution is 0.449. The normalized spacial score (nSPS) is 16.6. The van der Waals surface area contributed by atoms with Crippen molar-refractivity contribution in [2.75, 3.05) is 11.1 Å². The Kier molecular flexibility index (Phi) is 6.25. The molecule has 0 bridgehead atoms. The van der Waals surface area contributed by atoms with Crippen LogP contribution in [0.25, 0.3) is 0 Å². The van der Waals surface area contributed by atoms with E-state index in [-0.39, 0.29) is 11.3 Å². The molecule has 0 heterocycles. The van der Waals surface area contributed by atoms with Gasteiger partial charge in [-0.15, -0.1) is 0 Å². The summed E-state index contributed by atoms with van der Waals surface area (Å²) in [5, 5.41) is 0.641. The van der Waals surface area contributed by atoms with Crippen molar-refractivity contribution in [3.63, 3.8) is 0 Å². The smallest absolute Gasteiger partial charge is 0.212 e. The Morgan fingerprint density at radius 2 is 1.93 bits per heavy atom. The van der Waals surface area contributed by atoms with Gasteiger partial charge in [0.15, 0.2) is 0 Å². The molecule has 86 valence electrons. The van der Waals surface area contributed by atoms with Crippen molar-refractivity contribution < 1.29 is 8.42 Å². The second-order valence-electron chi connectivity index (χ2n) is 3.82. The molecular formula is C9H20BrNO2S. The van der Waals surface area contributed by atoms with Crippen molar-refractivity contribution in [2.24, 2.45) is 0 Å². The first-order valence-corrected chi connectivity index (χ1v) is 7.74. The maximum absolute atomic E-state index is 11.6. The fourth-order valence-electron chi connectivity index (χ4n) is 0.955. The minimum Gasteiger partial charge on any atom is -0.212 e. The molecule has 0 aliphatic rings. The largest absolute Gasteiger partial charge is 0.212 e. The van der Waals surface area contributed by atoms with Crippen LogP contribution >= 0.6 is 15.9 Å². The Bertz CT molecular complexity index is 248. The molecule has 14 heavy (non-hydrogen) atoms. The maximum atomic E-state index is 11.6. The van der Waals surface area contributed by atoms with Crippen LogP contribution in [0.5, 0.6) is 0 Å². The molecule has 0 aromatic carbocycles. The molecule has 0 fully saturated rings. The maximum Gasteiger partial charge on any atom is 0.212 e. The topological polar surface area (TPSA) is 46.2 Å². The molecule has 1 N–H and O–H groups in total. The number of halogens is 1. The molecule has 0 rings (SSSR count). The molecular weight excluding hydrogens is 266 g/mol. The zero-order valence-electron chi connectivity index (χ0n) is 9.14. The number of hydrogen-bond acceptors (Lipinski definition) is 2. The highest BCUT2D eigenvalue weighted by atomic mass is 79.9. The average molecular weight is 286 g/mol. The molecule has 0 aromatic rings. The van der Waals surface area contributed by atoms with Crippen LogP contribution in [0.15, 0.2) is 0 Å². The van der Waals surface area contributed by atoms with Crippen molar-refractivity contribution >= 4 is 26.0 Å². The molecule has 0 aliphatic heterocycles. The zero-order valence-corrected chi connectivity index (χ0v) is 11.5. The summed E-state index contributed by atoms with van der Waals surface area (Å²) in [7, 11) is -3.11. The number of unbranched alkanes of at least 4 members (excludes halogenated alkanes) is 1. The van der Waals surface area contributed by atoms with E-state index in [1.165, 1.54) is 0 Å². The van der Waals surface area contributed by atoms with Crippen molar-refractivity contribution in [1.29, 1.82) is 0 Å². The van der Waals surface area contributed by atoms with Crippen molar-refractivity contribution in [3.05, 3.63) is 0 Å². The van der Waals surface area contributed by atoms with Crippen LogP contribution in [0, 0.1) is 0 Å². The van der Waals surface area contributed by atoms with Crippen molar-refractivity contribution in [3.8, 4) is 0 Å². The summed E-state index contributed by atoms with van der Waals surface area (Å²) in [4.78, 5) is 0. The van der Waals surface area contributed by atoms with E-state index in [9.17, 15) is 8.42 Å². The lowest BCUT2D eigenvalue weighted by Gasteiger charge is -2.26. The van der Waals surface area contributed by atoms with Gasteiger partial charge in [0.05, 0.1) is 5.75 Å². The van der Waals surface area contributed by atoms with Gasteiger partial charge in [0.25, 0.3) is 0 Å². The second-order valence-corrected chi connectivity index (χ2v) is 6.22. The summed E-state index contributed by atoms with van der Waals surface area (Å²) < 4.78 is 25.9. The third kappa shape index (κ3) is 5.32. The quantitative estimate of drug-likeness (QED) is 0.730. The first kappa shape index (κ1) is 14.4. The van der Waals surface area contributed by atoms with Gasteiger partial charge in [0, 0.05) is 10.9 Å². The van der Waals surface area contributed by atoms with Gasteiger partial charge in [0.2, 0.25) is 10.0 Å². The van der Waals surface area contributed by atoms with E-state index >= 15 is 0 Å². The molecule has 5 heteroatoms. The standard InChI is InChI=1S/C9H20BrNO2S/c1-4-6-7-14(12,13)11-9(3,5-2)8-10/h11H,4-8H2,1-3H3. The molecule has 0 saturated carbocycles. The monoisotopic (exact) mass is 285 g/mol. The first-order chi connectivity index (χ1) is 6.39. The number of hydrogen-bond donors (Lipinski definition) is 1. The number of sulfonamides is 1. The lowest BCUT2D eigenvalue weighted by atomic mass is 10.0. The van der Waals surface area contributed by atoms with Gasteiger partial charge in [-0.25, -0.2) is 13.1 Å². The van der Waals surface area contributed by atoms with Crippen molar-refractivity contribution in [1.82, 2.24) is 4.72 Å². The first-order valence-electron chi connectivity index (χ1n) is 4.96. The van der Waals surface area contributed by atoms with Crippen LogP contribution in [0.3, 0.4) is 0 Å². The third-order valence-electron chi connectivity index (χ3n) is 2.24. The number of alkyl halides is 1. The summed E-state index contributed by atoms with van der Waals surface area (Å²) >= 11 is 3.33. The molecule has 0 aliphatic carbocycles. The highest BCUT2D eigenvalue weighted by molar-refractivity contribution is 9.09. The van der Waals surface area contributed by atoms with Gasteiger partial charge in [-0.1, -0.05) is 36.2 Å². The Labute approximate surface area is 95.8 Å². The van der Waals surface area contributed by atoms with E-state index in [1.54, 1.807) is 0 Å². The SMILES string of the molecule is CCCCS(=O)(=O)NC(C)(CC)CBr. The summed E-state index contributed by atoms with van der Waals surface area (Å²) in [6.07, 6.45) is 2.40. The third-order valence-corrected chi connectivity index (χ3v) is 5.11. The molecule has 3 nitrogen and oxygen atoms in total. The van der Waals surface area contributed by atoms with Gasteiger partial charge in [-0.05, 0) is 19.8 Å². The van der Waals surface area contributed by atoms with E-state index in [1.807, 2.05) is 20.8 Å². The second kappa shape index (κ2) is 6.08. The summed E-state index contributed by atoms with van der Waals surface area (Å²) in [6.45, 7) is 5.87. The van der Waals surface area contributed by atoms with E-state index in [0.29, 0.717) is 5.33 Å². The molecule has 1 unspecified atom stereocenters. The zero-order chi connectivity index (χ0) is 11.2. The van der Waals surface area contributed by atoms with E-state index in [0.717, 1.165) is 19.3 Å². The predicted molar refractivity (Wildman–Crippen MR) is 64.3 cm³/mol. The molecule has 0 spiro atoms. The van der Waals surface area contributed by atoms with Crippen molar-refractivity contribution in [2.45, 2.75) is 45.6 Å². The van der Waals surface area contributed by atoms with E-state index < -0.39 is 10.0 Å². The highest BCUT2D eigenvalue weighted by Crippen LogP contribution is 2.14. The summed E-state index contributed by atoms with van der Waals surface area (Å²) in [6, 6.07) is 0.